The molecule has 1 aromatic rings. The molecule has 0 aliphatic carbocycles. The van der Waals surface area contributed by atoms with E-state index < -0.39 is 0 Å². The number of hydrogen-bond donors (Lipinski definition) is 0. The lowest BCUT2D eigenvalue weighted by atomic mass is 9.79. The predicted octanol–water partition coefficient (Wildman–Crippen LogP) is 1.73. The molecule has 3 rings (SSSR count). The Kier molecular flexibility index (Phi) is 6.18. The van der Waals surface area contributed by atoms with Crippen molar-refractivity contribution in [3.05, 3.63) is 24.3 Å². The zero-order chi connectivity index (χ0) is 19.7. The summed E-state index contributed by atoms with van der Waals surface area (Å²) < 4.78 is 22.9. The minimum atomic E-state index is -0.311. The van der Waals surface area contributed by atoms with E-state index in [-0.39, 0.29) is 24.6 Å². The molecule has 0 radical (unpaired) electrons. The van der Waals surface area contributed by atoms with Gasteiger partial charge in [0.15, 0.2) is 6.29 Å². The Morgan fingerprint density at radius 3 is 1.93 bits per heavy atom. The summed E-state index contributed by atoms with van der Waals surface area (Å²) in [6.07, 6.45) is -0.157. The van der Waals surface area contributed by atoms with Crippen molar-refractivity contribution >= 4 is 18.3 Å². The van der Waals surface area contributed by atoms with Gasteiger partial charge < -0.3 is 23.7 Å². The first-order chi connectivity index (χ1) is 12.8. The fourth-order valence-corrected chi connectivity index (χ4v) is 3.47. The Labute approximate surface area is 163 Å². The van der Waals surface area contributed by atoms with Crippen LogP contribution < -0.4 is 10.4 Å². The van der Waals surface area contributed by atoms with Crippen LogP contribution in [-0.4, -0.2) is 76.5 Å². The summed E-state index contributed by atoms with van der Waals surface area (Å²) in [6, 6.07) is 8.58. The van der Waals surface area contributed by atoms with Gasteiger partial charge >= 0.3 is 7.12 Å². The molecule has 0 aromatic heterocycles. The maximum atomic E-state index is 6.14. The molecular formula is C20H33BN2O4. The monoisotopic (exact) mass is 376 g/mol. The SMILES string of the molecule is COC(CN1CCN(c2ccc(B3OC(C)(C)C(C)(C)O3)cc2)CC1)OC. The molecule has 2 aliphatic heterocycles. The first kappa shape index (κ1) is 20.6. The van der Waals surface area contributed by atoms with Crippen molar-refractivity contribution < 1.29 is 18.8 Å². The van der Waals surface area contributed by atoms with Crippen molar-refractivity contribution in [1.82, 2.24) is 4.90 Å². The molecule has 2 saturated heterocycles. The predicted molar refractivity (Wildman–Crippen MR) is 109 cm³/mol. The van der Waals surface area contributed by atoms with Crippen molar-refractivity contribution in [3.8, 4) is 0 Å². The first-order valence-electron chi connectivity index (χ1n) is 9.74. The van der Waals surface area contributed by atoms with E-state index in [1.165, 1.54) is 5.69 Å². The summed E-state index contributed by atoms with van der Waals surface area (Å²) in [5.41, 5.74) is 1.69. The molecule has 27 heavy (non-hydrogen) atoms. The van der Waals surface area contributed by atoms with Crippen LogP contribution in [0.25, 0.3) is 0 Å². The van der Waals surface area contributed by atoms with Gasteiger partial charge in [-0.2, -0.15) is 0 Å². The lowest BCUT2D eigenvalue weighted by Crippen LogP contribution is -2.49. The van der Waals surface area contributed by atoms with Gasteiger partial charge in [-0.15, -0.1) is 0 Å². The number of benzene rings is 1. The van der Waals surface area contributed by atoms with Crippen LogP contribution in [0.1, 0.15) is 27.7 Å². The second-order valence-corrected chi connectivity index (χ2v) is 8.37. The van der Waals surface area contributed by atoms with E-state index in [4.69, 9.17) is 18.8 Å². The standard InChI is InChI=1S/C20H33BN2O4/c1-19(2)20(3,4)27-21(26-19)16-7-9-17(10-8-16)23-13-11-22(12-14-23)15-18(24-5)25-6/h7-10,18H,11-15H2,1-6H3. The Morgan fingerprint density at radius 2 is 1.44 bits per heavy atom. The number of ether oxygens (including phenoxy) is 2. The van der Waals surface area contributed by atoms with Crippen LogP contribution in [0, 0.1) is 0 Å². The van der Waals surface area contributed by atoms with Crippen LogP contribution in [0.15, 0.2) is 24.3 Å². The van der Waals surface area contributed by atoms with Crippen LogP contribution in [0.3, 0.4) is 0 Å². The molecule has 0 amide bonds. The van der Waals surface area contributed by atoms with E-state index in [2.05, 4.69) is 61.8 Å². The van der Waals surface area contributed by atoms with Crippen LogP contribution in [0.4, 0.5) is 5.69 Å². The van der Waals surface area contributed by atoms with Crippen molar-refractivity contribution in [2.24, 2.45) is 0 Å². The molecule has 1 aromatic carbocycles. The van der Waals surface area contributed by atoms with Crippen molar-refractivity contribution in [3.63, 3.8) is 0 Å². The lowest BCUT2D eigenvalue weighted by Gasteiger charge is -2.37. The van der Waals surface area contributed by atoms with Crippen LogP contribution in [-0.2, 0) is 18.8 Å². The zero-order valence-electron chi connectivity index (χ0n) is 17.5. The molecule has 0 N–H and O–H groups in total. The van der Waals surface area contributed by atoms with Crippen LogP contribution in [0.2, 0.25) is 0 Å². The average molecular weight is 376 g/mol. The Balaban J connectivity index is 1.56. The second-order valence-electron chi connectivity index (χ2n) is 8.37. The van der Waals surface area contributed by atoms with E-state index in [0.29, 0.717) is 0 Å². The third-order valence-electron chi connectivity index (χ3n) is 6.09. The number of rotatable bonds is 6. The zero-order valence-corrected chi connectivity index (χ0v) is 17.5. The van der Waals surface area contributed by atoms with Gasteiger partial charge in [0.2, 0.25) is 0 Å². The van der Waals surface area contributed by atoms with Gasteiger partial charge in [-0.1, -0.05) is 12.1 Å². The maximum Gasteiger partial charge on any atom is 0.494 e. The third kappa shape index (κ3) is 4.49. The van der Waals surface area contributed by atoms with E-state index in [9.17, 15) is 0 Å². The quantitative estimate of drug-likeness (QED) is 0.557. The van der Waals surface area contributed by atoms with Gasteiger partial charge in [0.05, 0.1) is 11.2 Å². The van der Waals surface area contributed by atoms with Gasteiger partial charge in [0, 0.05) is 52.6 Å². The van der Waals surface area contributed by atoms with Gasteiger partial charge in [-0.05, 0) is 45.3 Å². The fraction of sp³-hybridized carbons (Fsp3) is 0.700. The molecule has 0 atom stereocenters. The number of methoxy groups -OCH3 is 2. The summed E-state index contributed by atoms with van der Waals surface area (Å²) >= 11 is 0. The maximum absolute atomic E-state index is 6.14. The minimum Gasteiger partial charge on any atom is -0.399 e. The van der Waals surface area contributed by atoms with Gasteiger partial charge in [0.1, 0.15) is 0 Å². The highest BCUT2D eigenvalue weighted by atomic mass is 16.7. The number of piperazine rings is 1. The largest absolute Gasteiger partial charge is 0.494 e. The van der Waals surface area contributed by atoms with Crippen molar-refractivity contribution in [2.75, 3.05) is 51.8 Å². The second kappa shape index (κ2) is 8.09. The number of anilines is 1. The minimum absolute atomic E-state index is 0.157. The van der Waals surface area contributed by atoms with Gasteiger partial charge in [-0.25, -0.2) is 0 Å². The molecule has 0 unspecified atom stereocenters. The fourth-order valence-electron chi connectivity index (χ4n) is 3.47. The normalized spacial score (nSPS) is 22.6. The average Bonchev–Trinajstić information content (AvgIpc) is 2.88. The number of hydrogen-bond acceptors (Lipinski definition) is 6. The topological polar surface area (TPSA) is 43.4 Å². The Hall–Kier alpha value is -1.12. The van der Waals surface area contributed by atoms with Gasteiger partial charge in [-0.3, -0.25) is 4.90 Å². The molecule has 150 valence electrons. The van der Waals surface area contributed by atoms with E-state index >= 15 is 0 Å². The molecule has 0 saturated carbocycles. The molecule has 0 bridgehead atoms. The van der Waals surface area contributed by atoms with Crippen molar-refractivity contribution in [2.45, 2.75) is 45.2 Å². The Morgan fingerprint density at radius 1 is 0.926 bits per heavy atom. The summed E-state index contributed by atoms with van der Waals surface area (Å²) in [7, 11) is 3.07. The third-order valence-corrected chi connectivity index (χ3v) is 6.09. The highest BCUT2D eigenvalue weighted by Gasteiger charge is 2.51. The van der Waals surface area contributed by atoms with Crippen LogP contribution in [0.5, 0.6) is 0 Å². The molecule has 2 heterocycles. The van der Waals surface area contributed by atoms with Gasteiger partial charge in [0.25, 0.3) is 0 Å². The van der Waals surface area contributed by atoms with Crippen molar-refractivity contribution in [1.29, 1.82) is 0 Å². The summed E-state index contributed by atoms with van der Waals surface area (Å²) in [5, 5.41) is 0. The van der Waals surface area contributed by atoms with E-state index in [0.717, 1.165) is 38.2 Å². The first-order valence-corrected chi connectivity index (χ1v) is 9.74. The number of nitrogens with zero attached hydrogens (tertiary/aromatic N) is 2. The highest BCUT2D eigenvalue weighted by Crippen LogP contribution is 2.36. The summed E-state index contributed by atoms with van der Waals surface area (Å²) in [5.74, 6) is 0. The molecule has 0 spiro atoms. The highest BCUT2D eigenvalue weighted by molar-refractivity contribution is 6.62. The van der Waals surface area contributed by atoms with E-state index in [1.54, 1.807) is 14.2 Å². The smallest absolute Gasteiger partial charge is 0.399 e. The molecule has 2 fully saturated rings. The van der Waals surface area contributed by atoms with Crippen LogP contribution >= 0.6 is 0 Å². The lowest BCUT2D eigenvalue weighted by molar-refractivity contribution is -0.116. The summed E-state index contributed by atoms with van der Waals surface area (Å²) in [6.45, 7) is 13.1. The molecular weight excluding hydrogens is 343 g/mol. The van der Waals surface area contributed by atoms with E-state index in [1.807, 2.05) is 0 Å². The molecule has 6 nitrogen and oxygen atoms in total. The summed E-state index contributed by atoms with van der Waals surface area (Å²) in [4.78, 5) is 4.80. The molecule has 2 aliphatic rings. The molecule has 7 heteroatoms. The Bertz CT molecular complexity index is 595.